The number of aromatic nitrogens is 2. The molecule has 0 unspecified atom stereocenters. The van der Waals surface area contributed by atoms with E-state index in [0.717, 1.165) is 0 Å². The van der Waals surface area contributed by atoms with Crippen LogP contribution >= 0.6 is 11.8 Å². The summed E-state index contributed by atoms with van der Waals surface area (Å²) in [5.41, 5.74) is 1.21. The molecule has 0 aliphatic carbocycles. The van der Waals surface area contributed by atoms with E-state index in [1.165, 1.54) is 18.7 Å². The lowest BCUT2D eigenvalue weighted by Gasteiger charge is -2.07. The summed E-state index contributed by atoms with van der Waals surface area (Å²) in [5.74, 6) is 0.580. The number of carbonyl (C=O) groups is 2. The molecule has 120 valence electrons. The number of carbonyl (C=O) groups excluding carboxylic acids is 2. The highest BCUT2D eigenvalue weighted by atomic mass is 32.2. The molecule has 0 aliphatic heterocycles. The number of Topliss-reactive ketones (excluding diaryl/α,β-unsaturated/α-hetero) is 2. The molecule has 2 rings (SSSR count). The van der Waals surface area contributed by atoms with Crippen LogP contribution < -0.4 is 5.69 Å². The molecule has 1 aromatic heterocycles. The third kappa shape index (κ3) is 4.63. The molecule has 1 aromatic carbocycles. The molecule has 2 aromatic rings. The molecular weight excluding hydrogens is 312 g/mol. The minimum absolute atomic E-state index is 0.0908. The number of benzene rings is 1. The summed E-state index contributed by atoms with van der Waals surface area (Å²) >= 11 is 1.34. The molecule has 1 heterocycles. The molecule has 0 radical (unpaired) electrons. The highest BCUT2D eigenvalue weighted by Crippen LogP contribution is 2.22. The van der Waals surface area contributed by atoms with Gasteiger partial charge in [0.2, 0.25) is 0 Å². The molecule has 0 aliphatic rings. The molecule has 1 N–H and O–H groups in total. The zero-order valence-corrected chi connectivity index (χ0v) is 13.9. The van der Waals surface area contributed by atoms with Crippen LogP contribution in [-0.4, -0.2) is 27.3 Å². The van der Waals surface area contributed by atoms with E-state index >= 15 is 0 Å². The third-order valence-corrected chi connectivity index (χ3v) is 4.38. The number of H-pyrrole nitrogens is 1. The summed E-state index contributed by atoms with van der Waals surface area (Å²) in [6.07, 6.45) is 1.08. The fourth-order valence-corrected chi connectivity index (χ4v) is 3.32. The van der Waals surface area contributed by atoms with Crippen molar-refractivity contribution in [2.75, 3.05) is 5.75 Å². The van der Waals surface area contributed by atoms with E-state index in [9.17, 15) is 14.4 Å². The maximum atomic E-state index is 12.0. The van der Waals surface area contributed by atoms with Crippen molar-refractivity contribution >= 4 is 23.3 Å². The number of aryl methyl sites for hydroxylation is 1. The summed E-state index contributed by atoms with van der Waals surface area (Å²) in [6, 6.07) is 9.14. The number of hydrogen-bond acceptors (Lipinski definition) is 5. The second-order valence-electron chi connectivity index (χ2n) is 5.14. The van der Waals surface area contributed by atoms with Gasteiger partial charge in [-0.1, -0.05) is 30.3 Å². The van der Waals surface area contributed by atoms with Crippen molar-refractivity contribution in [3.63, 3.8) is 0 Å². The number of hydrogen-bond donors (Lipinski definition) is 1. The molecule has 6 heteroatoms. The van der Waals surface area contributed by atoms with Crippen molar-refractivity contribution in [3.05, 3.63) is 57.6 Å². The summed E-state index contributed by atoms with van der Waals surface area (Å²) < 4.78 is 0. The maximum absolute atomic E-state index is 12.0. The first kappa shape index (κ1) is 17.1. The van der Waals surface area contributed by atoms with E-state index in [-0.39, 0.29) is 11.6 Å². The second kappa shape index (κ2) is 7.87. The Balaban J connectivity index is 1.96. The number of thioether (sulfide) groups is 1. The Hall–Kier alpha value is -2.21. The van der Waals surface area contributed by atoms with E-state index in [0.29, 0.717) is 40.4 Å². The van der Waals surface area contributed by atoms with E-state index in [1.54, 1.807) is 19.1 Å². The Morgan fingerprint density at radius 1 is 1.22 bits per heavy atom. The monoisotopic (exact) mass is 330 g/mol. The molecule has 0 amide bonds. The molecule has 0 fully saturated rings. The van der Waals surface area contributed by atoms with Crippen LogP contribution in [-0.2, 0) is 0 Å². The highest BCUT2D eigenvalue weighted by molar-refractivity contribution is 7.99. The second-order valence-corrected chi connectivity index (χ2v) is 6.23. The van der Waals surface area contributed by atoms with Crippen LogP contribution in [0, 0.1) is 6.92 Å². The quantitative estimate of drug-likeness (QED) is 0.365. The Bertz CT molecular complexity index is 769. The lowest BCUT2D eigenvalue weighted by Crippen LogP contribution is -2.17. The Labute approximate surface area is 138 Å². The summed E-state index contributed by atoms with van der Waals surface area (Å²) in [7, 11) is 0. The Morgan fingerprint density at radius 2 is 1.91 bits per heavy atom. The van der Waals surface area contributed by atoms with Crippen molar-refractivity contribution in [2.24, 2.45) is 0 Å². The molecule has 0 bridgehead atoms. The first-order valence-electron chi connectivity index (χ1n) is 7.32. The van der Waals surface area contributed by atoms with Gasteiger partial charge in [0.15, 0.2) is 11.6 Å². The molecule has 0 saturated carbocycles. The average molecular weight is 330 g/mol. The van der Waals surface area contributed by atoms with Crippen LogP contribution in [0.5, 0.6) is 0 Å². The minimum atomic E-state index is -0.463. The van der Waals surface area contributed by atoms with E-state index in [2.05, 4.69) is 9.97 Å². The largest absolute Gasteiger partial charge is 0.346 e. The van der Waals surface area contributed by atoms with Crippen molar-refractivity contribution < 1.29 is 9.59 Å². The van der Waals surface area contributed by atoms with Crippen molar-refractivity contribution in [2.45, 2.75) is 31.7 Å². The fraction of sp³-hybridized carbons (Fsp3) is 0.294. The van der Waals surface area contributed by atoms with E-state index in [1.807, 2.05) is 18.2 Å². The van der Waals surface area contributed by atoms with E-state index in [4.69, 9.17) is 0 Å². The van der Waals surface area contributed by atoms with Crippen LogP contribution in [0.2, 0.25) is 0 Å². The van der Waals surface area contributed by atoms with Gasteiger partial charge in [0.05, 0.1) is 5.56 Å². The van der Waals surface area contributed by atoms with Gasteiger partial charge >= 0.3 is 5.69 Å². The van der Waals surface area contributed by atoms with Crippen LogP contribution in [0.25, 0.3) is 0 Å². The third-order valence-electron chi connectivity index (χ3n) is 3.32. The first-order chi connectivity index (χ1) is 11.0. The molecule has 0 spiro atoms. The van der Waals surface area contributed by atoms with Gasteiger partial charge in [0, 0.05) is 17.7 Å². The summed E-state index contributed by atoms with van der Waals surface area (Å²) in [6.45, 7) is 3.13. The smallest absolute Gasteiger partial charge is 0.309 e. The van der Waals surface area contributed by atoms with Crippen LogP contribution in [0.3, 0.4) is 0 Å². The number of nitrogens with zero attached hydrogens (tertiary/aromatic N) is 1. The normalized spacial score (nSPS) is 10.5. The molecule has 5 nitrogen and oxygen atoms in total. The molecular formula is C17H18N2O3S. The van der Waals surface area contributed by atoms with Gasteiger partial charge in [0.25, 0.3) is 0 Å². The fourth-order valence-electron chi connectivity index (χ4n) is 2.25. The molecule has 0 atom stereocenters. The zero-order chi connectivity index (χ0) is 16.8. The number of ketones is 2. The van der Waals surface area contributed by atoms with Crippen LogP contribution in [0.1, 0.15) is 46.2 Å². The Kier molecular flexibility index (Phi) is 5.87. The number of rotatable bonds is 7. The van der Waals surface area contributed by atoms with Crippen molar-refractivity contribution in [3.8, 4) is 0 Å². The SMILES string of the molecule is CC(=O)c1c(SCCCC(=O)c2ccccc2)nc(=O)[nH]c1C. The van der Waals surface area contributed by atoms with Gasteiger partial charge in [0.1, 0.15) is 5.03 Å². The maximum Gasteiger partial charge on any atom is 0.346 e. The van der Waals surface area contributed by atoms with Crippen LogP contribution in [0.4, 0.5) is 0 Å². The predicted octanol–water partition coefficient (Wildman–Crippen LogP) is 3.04. The first-order valence-corrected chi connectivity index (χ1v) is 8.30. The molecule has 0 saturated heterocycles. The highest BCUT2D eigenvalue weighted by Gasteiger charge is 2.14. The van der Waals surface area contributed by atoms with Gasteiger partial charge in [-0.05, 0) is 26.0 Å². The van der Waals surface area contributed by atoms with Crippen molar-refractivity contribution in [1.82, 2.24) is 9.97 Å². The Morgan fingerprint density at radius 3 is 2.57 bits per heavy atom. The summed E-state index contributed by atoms with van der Waals surface area (Å²) in [4.78, 5) is 41.6. The standard InChI is InChI=1S/C17H18N2O3S/c1-11-15(12(2)20)16(19-17(22)18-11)23-10-6-9-14(21)13-7-4-3-5-8-13/h3-5,7-8H,6,9-10H2,1-2H3,(H,18,19,22). The molecule has 23 heavy (non-hydrogen) atoms. The van der Waals surface area contributed by atoms with Crippen molar-refractivity contribution in [1.29, 1.82) is 0 Å². The number of nitrogens with one attached hydrogen (secondary N) is 1. The minimum Gasteiger partial charge on any atom is -0.309 e. The zero-order valence-electron chi connectivity index (χ0n) is 13.1. The average Bonchev–Trinajstić information content (AvgIpc) is 2.51. The van der Waals surface area contributed by atoms with Gasteiger partial charge in [-0.3, -0.25) is 9.59 Å². The summed E-state index contributed by atoms with van der Waals surface area (Å²) in [5, 5.41) is 0.436. The predicted molar refractivity (Wildman–Crippen MR) is 90.3 cm³/mol. The lowest BCUT2D eigenvalue weighted by molar-refractivity contribution is 0.0979. The van der Waals surface area contributed by atoms with Crippen LogP contribution in [0.15, 0.2) is 40.2 Å². The van der Waals surface area contributed by atoms with Gasteiger partial charge in [-0.2, -0.15) is 4.98 Å². The lowest BCUT2D eigenvalue weighted by atomic mass is 10.1. The van der Waals surface area contributed by atoms with Gasteiger partial charge < -0.3 is 4.98 Å². The van der Waals surface area contributed by atoms with E-state index < -0.39 is 5.69 Å². The van der Waals surface area contributed by atoms with Gasteiger partial charge in [-0.15, -0.1) is 11.8 Å². The number of aromatic amines is 1. The topological polar surface area (TPSA) is 79.9 Å². The van der Waals surface area contributed by atoms with Gasteiger partial charge in [-0.25, -0.2) is 4.79 Å².